The van der Waals surface area contributed by atoms with Gasteiger partial charge in [0.1, 0.15) is 23.3 Å². The number of carbonyl (C=O) groups is 1. The Morgan fingerprint density at radius 1 is 1.39 bits per heavy atom. The van der Waals surface area contributed by atoms with Gasteiger partial charge in [0.05, 0.1) is 30.2 Å². The maximum Gasteiger partial charge on any atom is 0.261 e. The van der Waals surface area contributed by atoms with E-state index in [4.69, 9.17) is 19.6 Å². The van der Waals surface area contributed by atoms with Crippen LogP contribution in [0.25, 0.3) is 0 Å². The largest absolute Gasteiger partial charge is 0.484 e. The van der Waals surface area contributed by atoms with Gasteiger partial charge in [-0.1, -0.05) is 0 Å². The minimum Gasteiger partial charge on any atom is -0.484 e. The van der Waals surface area contributed by atoms with Gasteiger partial charge in [0.2, 0.25) is 0 Å². The van der Waals surface area contributed by atoms with Crippen molar-refractivity contribution < 1.29 is 19.0 Å². The number of nitrogens with one attached hydrogen (secondary N) is 3. The number of hydrogen-bond donors (Lipinski definition) is 3. The Labute approximate surface area is 181 Å². The van der Waals surface area contributed by atoms with Gasteiger partial charge in [-0.2, -0.15) is 0 Å². The van der Waals surface area contributed by atoms with Crippen molar-refractivity contribution in [3.8, 4) is 5.75 Å². The van der Waals surface area contributed by atoms with Crippen LogP contribution in [0.2, 0.25) is 0 Å². The van der Waals surface area contributed by atoms with Crippen molar-refractivity contribution in [1.29, 1.82) is 5.41 Å². The van der Waals surface area contributed by atoms with E-state index in [1.54, 1.807) is 25.6 Å². The fraction of sp³-hybridized carbons (Fsp3) is 0.409. The van der Waals surface area contributed by atoms with Gasteiger partial charge in [-0.25, -0.2) is 4.99 Å². The zero-order valence-electron chi connectivity index (χ0n) is 17.9. The van der Waals surface area contributed by atoms with Gasteiger partial charge in [-0.15, -0.1) is 0 Å². The number of morpholine rings is 1. The molecule has 1 atom stereocenters. The zero-order valence-corrected chi connectivity index (χ0v) is 17.9. The number of ether oxygens (including phenoxy) is 3. The van der Waals surface area contributed by atoms with E-state index < -0.39 is 11.5 Å². The van der Waals surface area contributed by atoms with Crippen LogP contribution in [0.4, 0.5) is 11.4 Å². The molecule has 3 N–H and O–H groups in total. The number of allylic oxidation sites excluding steroid dienone is 1. The average molecular weight is 425 g/mol. The molecule has 1 aromatic rings. The molecule has 4 rings (SSSR count). The third kappa shape index (κ3) is 4.06. The molecule has 3 heterocycles. The highest BCUT2D eigenvalue weighted by Gasteiger charge is 2.42. The molecule has 31 heavy (non-hydrogen) atoms. The van der Waals surface area contributed by atoms with Crippen LogP contribution in [0.3, 0.4) is 0 Å². The molecule has 3 aliphatic rings. The molecular weight excluding hydrogens is 398 g/mol. The molecule has 1 saturated heterocycles. The lowest BCUT2D eigenvalue weighted by atomic mass is 9.96. The van der Waals surface area contributed by atoms with Crippen molar-refractivity contribution in [2.75, 3.05) is 43.6 Å². The summed E-state index contributed by atoms with van der Waals surface area (Å²) < 4.78 is 17.4. The van der Waals surface area contributed by atoms with Crippen LogP contribution < -0.4 is 20.3 Å². The number of hydrogen-bond acceptors (Lipinski definition) is 8. The van der Waals surface area contributed by atoms with Crippen molar-refractivity contribution in [1.82, 2.24) is 5.32 Å². The Bertz CT molecular complexity index is 976. The van der Waals surface area contributed by atoms with Gasteiger partial charge in [0.15, 0.2) is 0 Å². The summed E-state index contributed by atoms with van der Waals surface area (Å²) in [7, 11) is 1.67. The minimum atomic E-state index is -0.531. The molecule has 9 heteroatoms. The van der Waals surface area contributed by atoms with Gasteiger partial charge in [0, 0.05) is 50.5 Å². The molecule has 9 nitrogen and oxygen atoms in total. The predicted octanol–water partition coefficient (Wildman–Crippen LogP) is 2.37. The van der Waals surface area contributed by atoms with Crippen LogP contribution in [0.15, 0.2) is 40.8 Å². The van der Waals surface area contributed by atoms with Gasteiger partial charge in [0.25, 0.3) is 5.91 Å². The summed E-state index contributed by atoms with van der Waals surface area (Å²) in [5.74, 6) is 0.561. The molecule has 0 bridgehead atoms. The lowest BCUT2D eigenvalue weighted by Gasteiger charge is -2.31. The smallest absolute Gasteiger partial charge is 0.261 e. The van der Waals surface area contributed by atoms with Crippen molar-refractivity contribution >= 4 is 29.7 Å². The minimum absolute atomic E-state index is 0.130. The molecule has 1 unspecified atom stereocenters. The number of anilines is 2. The van der Waals surface area contributed by atoms with Gasteiger partial charge in [-0.05, 0) is 26.0 Å². The number of carbonyl (C=O) groups excluding carboxylic acids is 1. The number of amides is 1. The lowest BCUT2D eigenvalue weighted by Crippen LogP contribution is -2.37. The van der Waals surface area contributed by atoms with E-state index in [1.165, 1.54) is 0 Å². The van der Waals surface area contributed by atoms with Crippen molar-refractivity contribution in [2.45, 2.75) is 25.6 Å². The van der Waals surface area contributed by atoms with Crippen LogP contribution in [0.1, 0.15) is 25.5 Å². The quantitative estimate of drug-likeness (QED) is 0.494. The van der Waals surface area contributed by atoms with Gasteiger partial charge in [-0.3, -0.25) is 4.79 Å². The number of benzene rings is 1. The highest BCUT2D eigenvalue weighted by molar-refractivity contribution is 6.18. The second-order valence-corrected chi connectivity index (χ2v) is 7.97. The molecule has 3 aliphatic heterocycles. The van der Waals surface area contributed by atoms with Gasteiger partial charge < -0.3 is 35.2 Å². The number of fused-ring (bicyclic) bond motifs is 1. The molecule has 1 amide bonds. The topological polar surface area (TPSA) is 108 Å². The second-order valence-electron chi connectivity index (χ2n) is 7.97. The van der Waals surface area contributed by atoms with Crippen LogP contribution in [0.5, 0.6) is 5.75 Å². The SMILES string of the molecule is COC1c2cc(N3CCOCC3)c(NC(=O)/C(C=N)=C3\N=CC=CN3)cc2OC1(C)C. The number of aliphatic imine (C=N–C) groups is 1. The first-order valence-corrected chi connectivity index (χ1v) is 10.2. The number of rotatable bonds is 5. The first kappa shape index (κ1) is 21.1. The van der Waals surface area contributed by atoms with E-state index in [2.05, 4.69) is 20.5 Å². The van der Waals surface area contributed by atoms with E-state index >= 15 is 0 Å². The summed E-state index contributed by atoms with van der Waals surface area (Å²) in [5.41, 5.74) is 2.02. The Morgan fingerprint density at radius 3 is 2.81 bits per heavy atom. The monoisotopic (exact) mass is 425 g/mol. The normalized spacial score (nSPS) is 22.9. The Morgan fingerprint density at radius 2 is 2.16 bits per heavy atom. The molecular formula is C22H27N5O4. The summed E-state index contributed by atoms with van der Waals surface area (Å²) in [5, 5.41) is 13.6. The number of nitrogens with zero attached hydrogens (tertiary/aromatic N) is 2. The summed E-state index contributed by atoms with van der Waals surface area (Å²) in [4.78, 5) is 19.4. The predicted molar refractivity (Wildman–Crippen MR) is 119 cm³/mol. The first-order chi connectivity index (χ1) is 14.9. The van der Waals surface area contributed by atoms with E-state index in [-0.39, 0.29) is 11.7 Å². The van der Waals surface area contributed by atoms with E-state index in [9.17, 15) is 4.79 Å². The average Bonchev–Trinajstić information content (AvgIpc) is 3.03. The maximum absolute atomic E-state index is 13.1. The van der Waals surface area contributed by atoms with Crippen LogP contribution in [-0.4, -0.2) is 57.4 Å². The summed E-state index contributed by atoms with van der Waals surface area (Å²) in [6.45, 7) is 6.59. The maximum atomic E-state index is 13.1. The molecule has 1 aromatic carbocycles. The molecule has 0 aliphatic carbocycles. The molecule has 0 spiro atoms. The van der Waals surface area contributed by atoms with Crippen LogP contribution in [0, 0.1) is 5.41 Å². The van der Waals surface area contributed by atoms with Crippen molar-refractivity contribution in [2.24, 2.45) is 4.99 Å². The highest BCUT2D eigenvalue weighted by Crippen LogP contribution is 2.48. The third-order valence-electron chi connectivity index (χ3n) is 5.50. The highest BCUT2D eigenvalue weighted by atomic mass is 16.6. The van der Waals surface area contributed by atoms with Crippen molar-refractivity contribution in [3.63, 3.8) is 0 Å². The van der Waals surface area contributed by atoms with E-state index in [0.29, 0.717) is 43.6 Å². The molecule has 0 saturated carbocycles. The third-order valence-corrected chi connectivity index (χ3v) is 5.50. The summed E-state index contributed by atoms with van der Waals surface area (Å²) in [6.07, 6.45) is 5.72. The fourth-order valence-electron chi connectivity index (χ4n) is 4.07. The fourth-order valence-corrected chi connectivity index (χ4v) is 4.07. The Kier molecular flexibility index (Phi) is 5.79. The summed E-state index contributed by atoms with van der Waals surface area (Å²) >= 11 is 0. The van der Waals surface area contributed by atoms with Crippen LogP contribution >= 0.6 is 0 Å². The first-order valence-electron chi connectivity index (χ1n) is 10.2. The number of methoxy groups -OCH3 is 1. The summed E-state index contributed by atoms with van der Waals surface area (Å²) in [6, 6.07) is 3.86. The molecule has 0 aromatic heterocycles. The Hall–Kier alpha value is -3.17. The standard InChI is InChI=1S/C22H27N5O4/c1-22(2)19(29-3)14-11-17(27-7-9-30-10-8-27)16(12-18(14)31-22)26-21(28)15(13-23)20-24-5-4-6-25-20/h4-6,11-13,19,23-24H,7-10H2,1-3H3,(H,26,28)/b20-15-,23-13?. The van der Waals surface area contributed by atoms with Gasteiger partial charge >= 0.3 is 0 Å². The van der Waals surface area contributed by atoms with Crippen molar-refractivity contribution in [3.05, 3.63) is 41.4 Å². The van der Waals surface area contributed by atoms with E-state index in [1.807, 2.05) is 26.0 Å². The van der Waals surface area contributed by atoms with E-state index in [0.717, 1.165) is 17.5 Å². The molecule has 1 fully saturated rings. The Balaban J connectivity index is 1.73. The lowest BCUT2D eigenvalue weighted by molar-refractivity contribution is -0.112. The molecule has 164 valence electrons. The molecule has 0 radical (unpaired) electrons. The zero-order chi connectivity index (χ0) is 22.0. The second kappa shape index (κ2) is 8.52. The van der Waals surface area contributed by atoms with Crippen LogP contribution in [-0.2, 0) is 14.3 Å².